The third-order valence-electron chi connectivity index (χ3n) is 6.55. The molecule has 0 aliphatic carbocycles. The lowest BCUT2D eigenvalue weighted by Crippen LogP contribution is -2.47. The molecule has 0 bridgehead atoms. The number of nitrogen functional groups attached to an aromatic ring is 1. The average Bonchev–Trinajstić information content (AvgIpc) is 3.16. The molecular formula is C25H27N5O3S2. The van der Waals surface area contributed by atoms with Gasteiger partial charge in [-0.05, 0) is 57.0 Å². The first-order valence-electron chi connectivity index (χ1n) is 11.6. The third kappa shape index (κ3) is 4.48. The molecule has 5 rings (SSSR count). The minimum atomic E-state index is -0.348. The molecule has 1 aromatic carbocycles. The minimum Gasteiger partial charge on any atom is -0.399 e. The van der Waals surface area contributed by atoms with Gasteiger partial charge in [0, 0.05) is 58.0 Å². The number of thioether (sulfide) groups is 1. The van der Waals surface area contributed by atoms with Gasteiger partial charge in [-0.15, -0.1) is 11.8 Å². The fraction of sp³-hybridized carbons (Fsp3) is 0.360. The minimum absolute atomic E-state index is 0.115. The van der Waals surface area contributed by atoms with Crippen LogP contribution in [0.5, 0.6) is 0 Å². The summed E-state index contributed by atoms with van der Waals surface area (Å²) in [7, 11) is 0. The van der Waals surface area contributed by atoms with Crippen molar-refractivity contribution in [1.29, 1.82) is 0 Å². The van der Waals surface area contributed by atoms with Crippen molar-refractivity contribution in [1.82, 2.24) is 15.2 Å². The van der Waals surface area contributed by atoms with Crippen LogP contribution in [0.25, 0.3) is 10.2 Å². The quantitative estimate of drug-likeness (QED) is 0.441. The van der Waals surface area contributed by atoms with Gasteiger partial charge in [-0.3, -0.25) is 14.9 Å². The Bertz CT molecular complexity index is 1340. The van der Waals surface area contributed by atoms with E-state index in [1.165, 1.54) is 11.3 Å². The van der Waals surface area contributed by atoms with E-state index in [0.717, 1.165) is 33.6 Å². The van der Waals surface area contributed by atoms with E-state index < -0.39 is 0 Å². The number of carbonyl (C=O) groups is 3. The number of aromatic nitrogens is 1. The van der Waals surface area contributed by atoms with Crippen LogP contribution in [0, 0.1) is 6.92 Å². The van der Waals surface area contributed by atoms with E-state index in [1.807, 2.05) is 43.0 Å². The molecule has 4 N–H and O–H groups in total. The topological polar surface area (TPSA) is 117 Å². The molecule has 3 aromatic rings. The second-order valence-electron chi connectivity index (χ2n) is 9.03. The maximum absolute atomic E-state index is 13.7. The van der Waals surface area contributed by atoms with Crippen molar-refractivity contribution in [2.45, 2.75) is 42.8 Å². The number of anilines is 2. The van der Waals surface area contributed by atoms with Gasteiger partial charge < -0.3 is 16.0 Å². The lowest BCUT2D eigenvalue weighted by atomic mass is 9.87. The maximum Gasteiger partial charge on any atom is 0.319 e. The first-order chi connectivity index (χ1) is 16.8. The zero-order chi connectivity index (χ0) is 24.7. The Morgan fingerprint density at radius 1 is 1.20 bits per heavy atom. The number of urea groups is 1. The van der Waals surface area contributed by atoms with Crippen molar-refractivity contribution < 1.29 is 14.4 Å². The van der Waals surface area contributed by atoms with Gasteiger partial charge >= 0.3 is 6.03 Å². The van der Waals surface area contributed by atoms with Gasteiger partial charge in [0.2, 0.25) is 0 Å². The van der Waals surface area contributed by atoms with Crippen LogP contribution in [0.15, 0.2) is 35.2 Å². The standard InChI is InChI=1S/C25H27N5O3S2/c1-3-27-24(33)29-22-20(16-6-4-14(2)28-21(16)34-22)23(32)30-10-8-25(9-11-30)13-18(31)17-12-15(26)5-7-19(17)35-25/h4-7,12H,3,8-11,13,26H2,1-2H3,(H2,27,29,33). The molecular weight excluding hydrogens is 482 g/mol. The zero-order valence-corrected chi connectivity index (χ0v) is 21.3. The SMILES string of the molecule is CCNC(=O)Nc1sc2nc(C)ccc2c1C(=O)N1CCC2(CC1)CC(=O)c1cc(N)ccc1S2. The highest BCUT2D eigenvalue weighted by molar-refractivity contribution is 8.01. The monoisotopic (exact) mass is 509 g/mol. The lowest BCUT2D eigenvalue weighted by molar-refractivity contribution is 0.0699. The molecule has 0 atom stereocenters. The van der Waals surface area contributed by atoms with Gasteiger partial charge in [0.25, 0.3) is 5.91 Å². The Labute approximate surface area is 211 Å². The van der Waals surface area contributed by atoms with Gasteiger partial charge in [0.1, 0.15) is 9.83 Å². The van der Waals surface area contributed by atoms with Crippen LogP contribution < -0.4 is 16.4 Å². The van der Waals surface area contributed by atoms with Crippen LogP contribution in [-0.2, 0) is 0 Å². The number of rotatable bonds is 3. The number of benzene rings is 1. The summed E-state index contributed by atoms with van der Waals surface area (Å²) < 4.78 is -0.214. The van der Waals surface area contributed by atoms with Crippen molar-refractivity contribution in [2.24, 2.45) is 0 Å². The van der Waals surface area contributed by atoms with Crippen molar-refractivity contribution in [3.8, 4) is 0 Å². The molecule has 0 radical (unpaired) electrons. The highest BCUT2D eigenvalue weighted by atomic mass is 32.2. The number of ketones is 1. The van der Waals surface area contributed by atoms with Crippen LogP contribution in [0.2, 0.25) is 0 Å². The Kier molecular flexibility index (Phi) is 6.18. The van der Waals surface area contributed by atoms with Crippen molar-refractivity contribution in [3.05, 3.63) is 47.2 Å². The number of thiophene rings is 1. The molecule has 2 aromatic heterocycles. The normalized spacial score (nSPS) is 16.9. The molecule has 10 heteroatoms. The number of aryl methyl sites for hydroxylation is 1. The average molecular weight is 510 g/mol. The van der Waals surface area contributed by atoms with Crippen LogP contribution in [0.4, 0.5) is 15.5 Å². The number of nitrogens with one attached hydrogen (secondary N) is 2. The molecule has 0 unspecified atom stereocenters. The number of fused-ring (bicyclic) bond motifs is 2. The van der Waals surface area contributed by atoms with Gasteiger partial charge in [0.05, 0.1) is 5.56 Å². The molecule has 2 aliphatic heterocycles. The molecule has 2 aliphatic rings. The van der Waals surface area contributed by atoms with E-state index >= 15 is 0 Å². The van der Waals surface area contributed by atoms with Gasteiger partial charge in [-0.1, -0.05) is 11.3 Å². The second-order valence-corrected chi connectivity index (χ2v) is 11.5. The zero-order valence-electron chi connectivity index (χ0n) is 19.6. The summed E-state index contributed by atoms with van der Waals surface area (Å²) in [5.74, 6) is -0.00613. The number of piperidine rings is 1. The van der Waals surface area contributed by atoms with E-state index in [1.54, 1.807) is 17.8 Å². The molecule has 0 saturated carbocycles. The second kappa shape index (κ2) is 9.16. The van der Waals surface area contributed by atoms with Crippen molar-refractivity contribution >= 4 is 61.7 Å². The number of pyridine rings is 1. The molecule has 182 valence electrons. The first-order valence-corrected chi connectivity index (χ1v) is 13.3. The fourth-order valence-electron chi connectivity index (χ4n) is 4.75. The Morgan fingerprint density at radius 2 is 1.97 bits per heavy atom. The van der Waals surface area contributed by atoms with Gasteiger partial charge in [-0.25, -0.2) is 9.78 Å². The number of nitrogens with zero attached hydrogens (tertiary/aromatic N) is 2. The maximum atomic E-state index is 13.7. The number of nitrogens with two attached hydrogens (primary N) is 1. The summed E-state index contributed by atoms with van der Waals surface area (Å²) in [6, 6.07) is 8.94. The summed E-state index contributed by atoms with van der Waals surface area (Å²) in [6.45, 7) is 5.31. The fourth-order valence-corrected chi connectivity index (χ4v) is 7.33. The summed E-state index contributed by atoms with van der Waals surface area (Å²) in [6.07, 6.45) is 1.89. The van der Waals surface area contributed by atoms with E-state index in [0.29, 0.717) is 47.9 Å². The van der Waals surface area contributed by atoms with E-state index in [4.69, 9.17) is 5.73 Å². The number of Topliss-reactive ketones (excluding diaryl/α,β-unsaturated/α-hetero) is 1. The van der Waals surface area contributed by atoms with Crippen LogP contribution in [0.1, 0.15) is 52.6 Å². The molecule has 3 amide bonds. The van der Waals surface area contributed by atoms with Crippen LogP contribution >= 0.6 is 23.1 Å². The van der Waals surface area contributed by atoms with Crippen molar-refractivity contribution in [2.75, 3.05) is 30.7 Å². The molecule has 35 heavy (non-hydrogen) atoms. The van der Waals surface area contributed by atoms with Crippen LogP contribution in [0.3, 0.4) is 0 Å². The molecule has 1 fully saturated rings. The summed E-state index contributed by atoms with van der Waals surface area (Å²) in [5, 5.41) is 6.80. The number of likely N-dealkylation sites (tertiary alicyclic amines) is 1. The van der Waals surface area contributed by atoms with E-state index in [2.05, 4.69) is 15.6 Å². The first kappa shape index (κ1) is 23.6. The number of hydrogen-bond donors (Lipinski definition) is 3. The highest BCUT2D eigenvalue weighted by Gasteiger charge is 2.43. The summed E-state index contributed by atoms with van der Waals surface area (Å²) in [5.41, 5.74) is 8.51. The summed E-state index contributed by atoms with van der Waals surface area (Å²) >= 11 is 3.05. The van der Waals surface area contributed by atoms with Crippen molar-refractivity contribution in [3.63, 3.8) is 0 Å². The Hall–Kier alpha value is -3.11. The van der Waals surface area contributed by atoms with Gasteiger partial charge in [-0.2, -0.15) is 0 Å². The molecule has 4 heterocycles. The van der Waals surface area contributed by atoms with E-state index in [-0.39, 0.29) is 22.5 Å². The molecule has 1 saturated heterocycles. The lowest BCUT2D eigenvalue weighted by Gasteiger charge is -2.43. The largest absolute Gasteiger partial charge is 0.399 e. The number of hydrogen-bond acceptors (Lipinski definition) is 7. The number of carbonyl (C=O) groups excluding carboxylic acids is 3. The summed E-state index contributed by atoms with van der Waals surface area (Å²) in [4.78, 5) is 47.0. The third-order valence-corrected chi connectivity index (χ3v) is 9.12. The number of amides is 3. The Morgan fingerprint density at radius 3 is 2.71 bits per heavy atom. The smallest absolute Gasteiger partial charge is 0.319 e. The van der Waals surface area contributed by atoms with Gasteiger partial charge in [0.15, 0.2) is 5.78 Å². The highest BCUT2D eigenvalue weighted by Crippen LogP contribution is 2.49. The molecule has 1 spiro atoms. The van der Waals surface area contributed by atoms with Crippen LogP contribution in [-0.4, -0.2) is 52.0 Å². The Balaban J connectivity index is 1.38. The predicted octanol–water partition coefficient (Wildman–Crippen LogP) is 4.68. The molecule has 8 nitrogen and oxygen atoms in total. The predicted molar refractivity (Wildman–Crippen MR) is 141 cm³/mol. The van der Waals surface area contributed by atoms with E-state index in [9.17, 15) is 14.4 Å².